The van der Waals surface area contributed by atoms with Crippen molar-refractivity contribution in [1.29, 1.82) is 0 Å². The maximum Gasteiger partial charge on any atom is 0.270 e. The van der Waals surface area contributed by atoms with E-state index in [0.29, 0.717) is 31.9 Å². The predicted molar refractivity (Wildman–Crippen MR) is 124 cm³/mol. The van der Waals surface area contributed by atoms with Gasteiger partial charge in [0.25, 0.3) is 5.91 Å². The molecule has 0 atom stereocenters. The molecule has 2 aromatic carbocycles. The summed E-state index contributed by atoms with van der Waals surface area (Å²) in [5.74, 6) is 1.03. The van der Waals surface area contributed by atoms with Gasteiger partial charge in [0.15, 0.2) is 0 Å². The largest absolute Gasteiger partial charge is 0.497 e. The Morgan fingerprint density at radius 3 is 2.56 bits per heavy atom. The highest BCUT2D eigenvalue weighted by atomic mass is 32.1. The summed E-state index contributed by atoms with van der Waals surface area (Å²) in [5, 5.41) is 5.47. The van der Waals surface area contributed by atoms with Crippen LogP contribution in [-0.2, 0) is 19.6 Å². The number of hydrogen-bond acceptors (Lipinski definition) is 6. The second-order valence-corrected chi connectivity index (χ2v) is 8.27. The van der Waals surface area contributed by atoms with Crippen LogP contribution in [0.3, 0.4) is 0 Å². The zero-order valence-corrected chi connectivity index (χ0v) is 19.4. The fourth-order valence-electron chi connectivity index (χ4n) is 3.25. The third-order valence-corrected chi connectivity index (χ3v) is 5.72. The van der Waals surface area contributed by atoms with Crippen LogP contribution in [0.4, 0.5) is 4.39 Å². The molecule has 3 aromatic rings. The fraction of sp³-hybridized carbons (Fsp3) is 0.333. The van der Waals surface area contributed by atoms with Crippen molar-refractivity contribution in [2.45, 2.75) is 33.0 Å². The van der Waals surface area contributed by atoms with E-state index in [1.807, 2.05) is 25.1 Å². The minimum Gasteiger partial charge on any atom is -0.497 e. The van der Waals surface area contributed by atoms with Crippen molar-refractivity contribution < 1.29 is 18.7 Å². The fourth-order valence-corrected chi connectivity index (χ4v) is 4.06. The van der Waals surface area contributed by atoms with E-state index in [4.69, 9.17) is 9.47 Å². The molecule has 32 heavy (non-hydrogen) atoms. The Kier molecular flexibility index (Phi) is 8.58. The number of methoxy groups -OCH3 is 2. The molecule has 3 rings (SSSR count). The lowest BCUT2D eigenvalue weighted by Crippen LogP contribution is -2.25. The molecule has 0 spiro atoms. The van der Waals surface area contributed by atoms with Gasteiger partial charge in [-0.15, -0.1) is 11.3 Å². The van der Waals surface area contributed by atoms with Crippen LogP contribution in [0.1, 0.15) is 40.0 Å². The predicted octanol–water partition coefficient (Wildman–Crippen LogP) is 4.64. The molecule has 0 radical (unpaired) electrons. The normalized spacial score (nSPS) is 10.9. The maximum atomic E-state index is 13.4. The van der Waals surface area contributed by atoms with Gasteiger partial charge >= 0.3 is 0 Å². The summed E-state index contributed by atoms with van der Waals surface area (Å²) in [4.78, 5) is 18.9. The lowest BCUT2D eigenvalue weighted by atomic mass is 10.1. The molecule has 1 N–H and O–H groups in total. The van der Waals surface area contributed by atoms with Crippen molar-refractivity contribution in [3.63, 3.8) is 0 Å². The number of carbonyl (C=O) groups excluding carboxylic acids is 1. The molecule has 8 heteroatoms. The van der Waals surface area contributed by atoms with E-state index in [9.17, 15) is 9.18 Å². The number of nitrogens with one attached hydrogen (secondary N) is 1. The number of aromatic nitrogens is 1. The van der Waals surface area contributed by atoms with Crippen LogP contribution in [0.5, 0.6) is 11.5 Å². The quantitative estimate of drug-likeness (QED) is 0.454. The molecule has 0 aliphatic heterocycles. The molecule has 170 valence electrons. The summed E-state index contributed by atoms with van der Waals surface area (Å²) in [7, 11) is 3.25. The molecule has 0 saturated carbocycles. The van der Waals surface area contributed by atoms with Crippen LogP contribution in [0.25, 0.3) is 0 Å². The van der Waals surface area contributed by atoms with Crippen molar-refractivity contribution in [1.82, 2.24) is 15.2 Å². The highest BCUT2D eigenvalue weighted by Crippen LogP contribution is 2.27. The molecule has 0 saturated heterocycles. The van der Waals surface area contributed by atoms with Gasteiger partial charge in [-0.3, -0.25) is 9.69 Å². The van der Waals surface area contributed by atoms with Crippen LogP contribution < -0.4 is 14.8 Å². The summed E-state index contributed by atoms with van der Waals surface area (Å²) in [6.07, 6.45) is 0.873. The van der Waals surface area contributed by atoms with Crippen molar-refractivity contribution in [3.05, 3.63) is 75.5 Å². The number of amides is 1. The molecule has 1 heterocycles. The SMILES string of the molecule is CCCNC(=O)c1csc(CN(Cc2ccc(F)cc2)Cc2ccc(OC)cc2OC)n1. The number of ether oxygens (including phenoxy) is 2. The molecule has 1 amide bonds. The number of hydrogen-bond donors (Lipinski definition) is 1. The molecule has 0 aliphatic carbocycles. The first-order chi connectivity index (χ1) is 15.5. The van der Waals surface area contributed by atoms with Crippen molar-refractivity contribution in [2.24, 2.45) is 0 Å². The summed E-state index contributed by atoms with van der Waals surface area (Å²) in [6, 6.07) is 12.2. The average molecular weight is 458 g/mol. The topological polar surface area (TPSA) is 63.7 Å². The minimum atomic E-state index is -0.264. The Morgan fingerprint density at radius 2 is 1.88 bits per heavy atom. The monoisotopic (exact) mass is 457 g/mol. The first-order valence-electron chi connectivity index (χ1n) is 10.4. The third-order valence-electron chi connectivity index (χ3n) is 4.89. The molecule has 0 aliphatic rings. The van der Waals surface area contributed by atoms with Crippen molar-refractivity contribution >= 4 is 17.2 Å². The van der Waals surface area contributed by atoms with E-state index < -0.39 is 0 Å². The Bertz CT molecular complexity index is 1020. The lowest BCUT2D eigenvalue weighted by molar-refractivity contribution is 0.0949. The van der Waals surface area contributed by atoms with Gasteiger partial charge in [-0.2, -0.15) is 0 Å². The van der Waals surface area contributed by atoms with Gasteiger partial charge in [0.1, 0.15) is 28.0 Å². The second-order valence-electron chi connectivity index (χ2n) is 7.33. The minimum absolute atomic E-state index is 0.156. The third kappa shape index (κ3) is 6.51. The molecule has 6 nitrogen and oxygen atoms in total. The molecule has 0 fully saturated rings. The number of halogens is 1. The van der Waals surface area contributed by atoms with Gasteiger partial charge in [0.2, 0.25) is 0 Å². The van der Waals surface area contributed by atoms with Gasteiger partial charge in [0.05, 0.1) is 20.8 Å². The Labute approximate surface area is 192 Å². The van der Waals surface area contributed by atoms with E-state index in [1.165, 1.54) is 23.5 Å². The number of thiazole rings is 1. The maximum absolute atomic E-state index is 13.4. The van der Waals surface area contributed by atoms with Crippen LogP contribution >= 0.6 is 11.3 Å². The number of nitrogens with zero attached hydrogens (tertiary/aromatic N) is 2. The van der Waals surface area contributed by atoms with Crippen molar-refractivity contribution in [3.8, 4) is 11.5 Å². The molecular formula is C24H28FN3O3S. The summed E-state index contributed by atoms with van der Waals surface area (Å²) in [5.41, 5.74) is 2.41. The van der Waals surface area contributed by atoms with Gasteiger partial charge in [-0.25, -0.2) is 9.37 Å². The van der Waals surface area contributed by atoms with E-state index in [2.05, 4.69) is 15.2 Å². The van der Waals surface area contributed by atoms with Crippen LogP contribution in [0, 0.1) is 5.82 Å². The van der Waals surface area contributed by atoms with Crippen molar-refractivity contribution in [2.75, 3.05) is 20.8 Å². The zero-order valence-electron chi connectivity index (χ0n) is 18.6. The van der Waals surface area contributed by atoms with Crippen LogP contribution in [-0.4, -0.2) is 36.6 Å². The van der Waals surface area contributed by atoms with E-state index >= 15 is 0 Å². The molecule has 0 unspecified atom stereocenters. The lowest BCUT2D eigenvalue weighted by Gasteiger charge is -2.23. The van der Waals surface area contributed by atoms with Gasteiger partial charge in [-0.05, 0) is 30.2 Å². The second kappa shape index (κ2) is 11.6. The summed E-state index contributed by atoms with van der Waals surface area (Å²) < 4.78 is 24.2. The Balaban J connectivity index is 1.80. The average Bonchev–Trinajstić information content (AvgIpc) is 3.27. The van der Waals surface area contributed by atoms with E-state index in [1.54, 1.807) is 31.7 Å². The Hall–Kier alpha value is -2.97. The van der Waals surface area contributed by atoms with Gasteiger partial charge in [0, 0.05) is 36.6 Å². The zero-order chi connectivity index (χ0) is 22.9. The Morgan fingerprint density at radius 1 is 1.09 bits per heavy atom. The van der Waals surface area contributed by atoms with Gasteiger partial charge < -0.3 is 14.8 Å². The standard InChI is InChI=1S/C24H28FN3O3S/c1-4-11-26-24(29)21-16-32-23(27-21)15-28(13-17-5-8-19(25)9-6-17)14-18-7-10-20(30-2)12-22(18)31-3/h5-10,12,16H,4,11,13-15H2,1-3H3,(H,26,29). The highest BCUT2D eigenvalue weighted by molar-refractivity contribution is 7.09. The highest BCUT2D eigenvalue weighted by Gasteiger charge is 2.16. The number of rotatable bonds is 11. The summed E-state index contributed by atoms with van der Waals surface area (Å²) in [6.45, 7) is 4.35. The van der Waals surface area contributed by atoms with Crippen LogP contribution in [0.2, 0.25) is 0 Å². The summed E-state index contributed by atoms with van der Waals surface area (Å²) >= 11 is 1.45. The van der Waals surface area contributed by atoms with E-state index in [0.717, 1.165) is 34.1 Å². The molecule has 1 aromatic heterocycles. The first kappa shape index (κ1) is 23.7. The first-order valence-corrected chi connectivity index (χ1v) is 11.3. The molecule has 0 bridgehead atoms. The molecular weight excluding hydrogens is 429 g/mol. The van der Waals surface area contributed by atoms with Gasteiger partial charge in [-0.1, -0.05) is 25.1 Å². The van der Waals surface area contributed by atoms with E-state index in [-0.39, 0.29) is 11.7 Å². The number of benzene rings is 2. The smallest absolute Gasteiger partial charge is 0.270 e. The number of carbonyl (C=O) groups is 1. The van der Waals surface area contributed by atoms with Crippen LogP contribution in [0.15, 0.2) is 47.8 Å².